The van der Waals surface area contributed by atoms with Crippen LogP contribution in [0.25, 0.3) is 10.6 Å². The summed E-state index contributed by atoms with van der Waals surface area (Å²) in [5, 5.41) is 0. The van der Waals surface area contributed by atoms with Crippen molar-refractivity contribution in [3.8, 4) is 10.6 Å². The van der Waals surface area contributed by atoms with E-state index in [4.69, 9.17) is 5.73 Å². The number of rotatable bonds is 3. The molecule has 0 saturated heterocycles. The molecule has 0 aliphatic carbocycles. The molecular weight excluding hydrogens is 286 g/mol. The smallest absolute Gasteiger partial charge is 0.110 e. The molecule has 0 unspecified atom stereocenters. The fourth-order valence-corrected chi connectivity index (χ4v) is 3.09. The van der Waals surface area contributed by atoms with Crippen LogP contribution in [0, 0.1) is 6.92 Å². The second kappa shape index (κ2) is 4.69. The molecule has 5 heteroatoms. The molecule has 0 radical (unpaired) electrons. The molecule has 16 heavy (non-hydrogen) atoms. The van der Waals surface area contributed by atoms with Crippen LogP contribution in [0.2, 0.25) is 0 Å². The number of nitrogens with zero attached hydrogens (tertiary/aromatic N) is 2. The molecule has 0 aromatic carbocycles. The van der Waals surface area contributed by atoms with Gasteiger partial charge in [-0.15, -0.1) is 11.3 Å². The van der Waals surface area contributed by atoms with Crippen LogP contribution < -0.4 is 5.73 Å². The van der Waals surface area contributed by atoms with E-state index >= 15 is 0 Å². The first kappa shape index (κ1) is 11.8. The predicted octanol–water partition coefficient (Wildman–Crippen LogP) is 2.72. The topological polar surface area (TPSA) is 43.8 Å². The van der Waals surface area contributed by atoms with Gasteiger partial charge < -0.3 is 10.3 Å². The van der Waals surface area contributed by atoms with E-state index in [0.29, 0.717) is 6.54 Å². The molecule has 0 saturated carbocycles. The number of imidazole rings is 1. The van der Waals surface area contributed by atoms with Crippen LogP contribution in [0.15, 0.2) is 15.9 Å². The van der Waals surface area contributed by atoms with Gasteiger partial charge in [0.25, 0.3) is 0 Å². The molecule has 0 spiro atoms. The Morgan fingerprint density at radius 2 is 2.25 bits per heavy atom. The second-order valence-corrected chi connectivity index (χ2v) is 6.13. The molecular formula is C11H14BrN3S. The Kier molecular flexibility index (Phi) is 3.47. The molecule has 2 N–H and O–H groups in total. The van der Waals surface area contributed by atoms with Gasteiger partial charge in [-0.1, -0.05) is 0 Å². The average molecular weight is 300 g/mol. The van der Waals surface area contributed by atoms with Crippen molar-refractivity contribution in [3.63, 3.8) is 0 Å². The summed E-state index contributed by atoms with van der Waals surface area (Å²) < 4.78 is 3.25. The van der Waals surface area contributed by atoms with Gasteiger partial charge in [-0.25, -0.2) is 4.98 Å². The third-order valence-electron chi connectivity index (χ3n) is 2.65. The molecule has 2 aromatic rings. The zero-order chi connectivity index (χ0) is 11.7. The van der Waals surface area contributed by atoms with E-state index in [-0.39, 0.29) is 0 Å². The lowest BCUT2D eigenvalue weighted by molar-refractivity contribution is 0.761. The lowest BCUT2D eigenvalue weighted by Crippen LogP contribution is -2.08. The fourth-order valence-electron chi connectivity index (χ4n) is 1.67. The van der Waals surface area contributed by atoms with Gasteiger partial charge in [-0.2, -0.15) is 0 Å². The van der Waals surface area contributed by atoms with Crippen LogP contribution in [-0.2, 0) is 13.5 Å². The molecule has 2 heterocycles. The van der Waals surface area contributed by atoms with Crippen molar-refractivity contribution < 1.29 is 0 Å². The minimum Gasteiger partial charge on any atom is -0.335 e. The number of hydrogen-bond donors (Lipinski definition) is 1. The number of aromatic nitrogens is 2. The Bertz CT molecular complexity index is 501. The molecule has 0 bridgehead atoms. The zero-order valence-corrected chi connectivity index (χ0v) is 11.7. The summed E-state index contributed by atoms with van der Waals surface area (Å²) in [7, 11) is 2.04. The second-order valence-electron chi connectivity index (χ2n) is 3.66. The van der Waals surface area contributed by atoms with E-state index in [1.54, 1.807) is 11.3 Å². The highest BCUT2D eigenvalue weighted by molar-refractivity contribution is 9.11. The Labute approximate surface area is 107 Å². The largest absolute Gasteiger partial charge is 0.335 e. The molecule has 2 aromatic heterocycles. The quantitative estimate of drug-likeness (QED) is 0.947. The van der Waals surface area contributed by atoms with Crippen molar-refractivity contribution in [1.82, 2.24) is 9.55 Å². The predicted molar refractivity (Wildman–Crippen MR) is 71.7 cm³/mol. The number of thiophene rings is 1. The van der Waals surface area contributed by atoms with E-state index in [0.717, 1.165) is 21.7 Å². The van der Waals surface area contributed by atoms with Crippen molar-refractivity contribution in [2.75, 3.05) is 6.54 Å². The number of hydrogen-bond acceptors (Lipinski definition) is 3. The summed E-state index contributed by atoms with van der Waals surface area (Å²) in [6, 6.07) is 4.15. The van der Waals surface area contributed by atoms with Crippen LogP contribution in [0.3, 0.4) is 0 Å². The van der Waals surface area contributed by atoms with E-state index in [1.165, 1.54) is 10.6 Å². The van der Waals surface area contributed by atoms with Gasteiger partial charge in [-0.3, -0.25) is 0 Å². The maximum absolute atomic E-state index is 5.57. The van der Waals surface area contributed by atoms with Gasteiger partial charge in [0.15, 0.2) is 0 Å². The first-order chi connectivity index (χ1) is 7.63. The highest BCUT2D eigenvalue weighted by atomic mass is 79.9. The summed E-state index contributed by atoms with van der Waals surface area (Å²) >= 11 is 5.18. The van der Waals surface area contributed by atoms with Gasteiger partial charge >= 0.3 is 0 Å². The summed E-state index contributed by atoms with van der Waals surface area (Å²) in [4.78, 5) is 5.85. The molecule has 0 aliphatic heterocycles. The van der Waals surface area contributed by atoms with Crippen LogP contribution in [0.1, 0.15) is 11.5 Å². The summed E-state index contributed by atoms with van der Waals surface area (Å²) in [5.41, 5.74) is 7.84. The van der Waals surface area contributed by atoms with Crippen LogP contribution in [0.4, 0.5) is 0 Å². The van der Waals surface area contributed by atoms with Gasteiger partial charge in [-0.05, 0) is 41.5 Å². The van der Waals surface area contributed by atoms with Crippen LogP contribution >= 0.6 is 27.3 Å². The lowest BCUT2D eigenvalue weighted by Gasteiger charge is -2.00. The number of halogens is 1. The van der Waals surface area contributed by atoms with Crippen molar-refractivity contribution in [3.05, 3.63) is 27.4 Å². The maximum Gasteiger partial charge on any atom is 0.110 e. The van der Waals surface area contributed by atoms with E-state index in [9.17, 15) is 0 Å². The Morgan fingerprint density at radius 3 is 2.81 bits per heavy atom. The Hall–Kier alpha value is -0.650. The molecule has 0 aliphatic rings. The first-order valence-corrected chi connectivity index (χ1v) is 6.72. The molecule has 0 atom stereocenters. The summed E-state index contributed by atoms with van der Waals surface area (Å²) in [5.74, 6) is 1.06. The average Bonchev–Trinajstić information content (AvgIpc) is 2.78. The van der Waals surface area contributed by atoms with E-state index in [1.807, 2.05) is 7.05 Å². The standard InChI is InChI=1S/C11H14BrN3S/c1-7-11(8-3-4-9(12)16-8)14-10(5-6-13)15(7)2/h3-4H,5-6,13H2,1-2H3. The zero-order valence-electron chi connectivity index (χ0n) is 9.33. The highest BCUT2D eigenvalue weighted by Gasteiger charge is 2.13. The van der Waals surface area contributed by atoms with Crippen LogP contribution in [-0.4, -0.2) is 16.1 Å². The van der Waals surface area contributed by atoms with Crippen molar-refractivity contribution >= 4 is 27.3 Å². The van der Waals surface area contributed by atoms with Gasteiger partial charge in [0.2, 0.25) is 0 Å². The van der Waals surface area contributed by atoms with Gasteiger partial charge in [0, 0.05) is 19.2 Å². The van der Waals surface area contributed by atoms with Crippen LogP contribution in [0.5, 0.6) is 0 Å². The van der Waals surface area contributed by atoms with Crippen molar-refractivity contribution in [2.24, 2.45) is 12.8 Å². The summed E-state index contributed by atoms with van der Waals surface area (Å²) in [6.45, 7) is 2.73. The molecule has 3 nitrogen and oxygen atoms in total. The molecule has 0 fully saturated rings. The monoisotopic (exact) mass is 299 g/mol. The third-order valence-corrected chi connectivity index (χ3v) is 4.28. The van der Waals surface area contributed by atoms with E-state index in [2.05, 4.69) is 44.5 Å². The van der Waals surface area contributed by atoms with Crippen molar-refractivity contribution in [1.29, 1.82) is 0 Å². The molecule has 2 rings (SSSR count). The Morgan fingerprint density at radius 1 is 1.50 bits per heavy atom. The maximum atomic E-state index is 5.57. The SMILES string of the molecule is Cc1c(-c2ccc(Br)s2)nc(CCN)n1C. The highest BCUT2D eigenvalue weighted by Crippen LogP contribution is 2.32. The minimum atomic E-state index is 0.637. The summed E-state index contributed by atoms with van der Waals surface area (Å²) in [6.07, 6.45) is 0.823. The van der Waals surface area contributed by atoms with Crippen molar-refractivity contribution in [2.45, 2.75) is 13.3 Å². The Balaban J connectivity index is 2.45. The normalized spacial score (nSPS) is 11.0. The first-order valence-electron chi connectivity index (χ1n) is 5.11. The molecule has 0 amide bonds. The number of nitrogens with two attached hydrogens (primary N) is 1. The van der Waals surface area contributed by atoms with E-state index < -0.39 is 0 Å². The molecule has 86 valence electrons. The van der Waals surface area contributed by atoms with Gasteiger partial charge in [0.1, 0.15) is 11.5 Å². The third kappa shape index (κ3) is 2.07. The minimum absolute atomic E-state index is 0.637. The lowest BCUT2D eigenvalue weighted by atomic mass is 10.3. The fraction of sp³-hybridized carbons (Fsp3) is 0.364. The van der Waals surface area contributed by atoms with Gasteiger partial charge in [0.05, 0.1) is 8.66 Å².